The van der Waals surface area contributed by atoms with Gasteiger partial charge < -0.3 is 5.32 Å². The van der Waals surface area contributed by atoms with E-state index in [2.05, 4.69) is 36.5 Å². The Morgan fingerprint density at radius 1 is 1.10 bits per heavy atom. The van der Waals surface area contributed by atoms with E-state index in [9.17, 15) is 4.39 Å². The van der Waals surface area contributed by atoms with E-state index in [1.54, 1.807) is 12.1 Å². The van der Waals surface area contributed by atoms with Crippen molar-refractivity contribution in [3.05, 3.63) is 71.0 Å². The van der Waals surface area contributed by atoms with Crippen LogP contribution in [-0.2, 0) is 6.42 Å². The lowest BCUT2D eigenvalue weighted by molar-refractivity contribution is 0.514. The fourth-order valence-corrected chi connectivity index (χ4v) is 2.56. The molecule has 2 heteroatoms. The maximum atomic E-state index is 13.1. The van der Waals surface area contributed by atoms with Crippen molar-refractivity contribution in [2.24, 2.45) is 0 Å². The second-order valence-electron chi connectivity index (χ2n) is 5.13. The Morgan fingerprint density at radius 2 is 1.85 bits per heavy atom. The number of nitrogens with one attached hydrogen (secondary N) is 1. The molecule has 0 heterocycles. The molecule has 0 aliphatic rings. The SMILES string of the molecule is CCNC(CCc1ccc(F)cc1C)c1ccccc1. The van der Waals surface area contributed by atoms with Gasteiger partial charge in [-0.05, 0) is 55.1 Å². The van der Waals surface area contributed by atoms with Gasteiger partial charge in [0.2, 0.25) is 0 Å². The van der Waals surface area contributed by atoms with Gasteiger partial charge in [0, 0.05) is 6.04 Å². The highest BCUT2D eigenvalue weighted by molar-refractivity contribution is 5.27. The van der Waals surface area contributed by atoms with Gasteiger partial charge in [0.15, 0.2) is 0 Å². The Labute approximate surface area is 120 Å². The molecule has 2 aromatic rings. The van der Waals surface area contributed by atoms with Gasteiger partial charge in [-0.15, -0.1) is 0 Å². The first kappa shape index (κ1) is 14.7. The van der Waals surface area contributed by atoms with Gasteiger partial charge in [0.1, 0.15) is 5.82 Å². The van der Waals surface area contributed by atoms with E-state index in [0.717, 1.165) is 24.9 Å². The molecule has 0 bridgehead atoms. The van der Waals surface area contributed by atoms with E-state index < -0.39 is 0 Å². The third-order valence-electron chi connectivity index (χ3n) is 3.66. The average Bonchev–Trinajstić information content (AvgIpc) is 2.46. The van der Waals surface area contributed by atoms with Crippen molar-refractivity contribution in [3.63, 3.8) is 0 Å². The molecule has 0 aliphatic carbocycles. The van der Waals surface area contributed by atoms with Crippen molar-refractivity contribution < 1.29 is 4.39 Å². The summed E-state index contributed by atoms with van der Waals surface area (Å²) in [7, 11) is 0. The lowest BCUT2D eigenvalue weighted by atomic mass is 9.97. The first-order valence-electron chi connectivity index (χ1n) is 7.24. The standard InChI is InChI=1S/C18H22FN/c1-3-20-18(16-7-5-4-6-8-16)12-10-15-9-11-17(19)13-14(15)2/h4-9,11,13,18,20H,3,10,12H2,1-2H3. The second kappa shape index (κ2) is 7.20. The first-order chi connectivity index (χ1) is 9.70. The van der Waals surface area contributed by atoms with E-state index in [1.165, 1.54) is 11.1 Å². The minimum absolute atomic E-state index is 0.155. The summed E-state index contributed by atoms with van der Waals surface area (Å²) >= 11 is 0. The van der Waals surface area contributed by atoms with E-state index >= 15 is 0 Å². The van der Waals surface area contributed by atoms with Crippen LogP contribution in [-0.4, -0.2) is 6.54 Å². The maximum absolute atomic E-state index is 13.1. The highest BCUT2D eigenvalue weighted by Gasteiger charge is 2.10. The van der Waals surface area contributed by atoms with E-state index in [1.807, 2.05) is 19.1 Å². The first-order valence-corrected chi connectivity index (χ1v) is 7.24. The fourth-order valence-electron chi connectivity index (χ4n) is 2.56. The Morgan fingerprint density at radius 3 is 2.50 bits per heavy atom. The molecule has 106 valence electrons. The van der Waals surface area contributed by atoms with Gasteiger partial charge in [0.05, 0.1) is 0 Å². The van der Waals surface area contributed by atoms with Crippen LogP contribution in [0.4, 0.5) is 4.39 Å². The molecule has 1 unspecified atom stereocenters. The van der Waals surface area contributed by atoms with Crippen molar-refractivity contribution in [1.29, 1.82) is 0 Å². The summed E-state index contributed by atoms with van der Waals surface area (Å²) in [4.78, 5) is 0. The summed E-state index contributed by atoms with van der Waals surface area (Å²) in [6, 6.07) is 15.9. The van der Waals surface area contributed by atoms with Gasteiger partial charge in [-0.2, -0.15) is 0 Å². The minimum Gasteiger partial charge on any atom is -0.310 e. The molecule has 0 fully saturated rings. The molecule has 1 N–H and O–H groups in total. The molecule has 0 saturated carbocycles. The molecule has 0 aliphatic heterocycles. The fraction of sp³-hybridized carbons (Fsp3) is 0.333. The number of aryl methyl sites for hydroxylation is 2. The molecule has 1 atom stereocenters. The largest absolute Gasteiger partial charge is 0.310 e. The second-order valence-corrected chi connectivity index (χ2v) is 5.13. The summed E-state index contributed by atoms with van der Waals surface area (Å²) in [6.45, 7) is 5.05. The van der Waals surface area contributed by atoms with Crippen molar-refractivity contribution in [2.45, 2.75) is 32.7 Å². The topological polar surface area (TPSA) is 12.0 Å². The predicted octanol–water partition coefficient (Wildman–Crippen LogP) is 4.42. The molecule has 2 aromatic carbocycles. The lowest BCUT2D eigenvalue weighted by Gasteiger charge is -2.19. The summed E-state index contributed by atoms with van der Waals surface area (Å²) < 4.78 is 13.1. The van der Waals surface area contributed by atoms with Crippen molar-refractivity contribution in [1.82, 2.24) is 5.32 Å². The van der Waals surface area contributed by atoms with Crippen LogP contribution in [0.2, 0.25) is 0 Å². The monoisotopic (exact) mass is 271 g/mol. The third-order valence-corrected chi connectivity index (χ3v) is 3.66. The van der Waals surface area contributed by atoms with Crippen LogP contribution >= 0.6 is 0 Å². The average molecular weight is 271 g/mol. The minimum atomic E-state index is -0.155. The van der Waals surface area contributed by atoms with E-state index in [4.69, 9.17) is 0 Å². The van der Waals surface area contributed by atoms with Gasteiger partial charge in [-0.1, -0.05) is 43.3 Å². The smallest absolute Gasteiger partial charge is 0.123 e. The number of halogens is 1. The summed E-state index contributed by atoms with van der Waals surface area (Å²) in [6.07, 6.45) is 1.98. The molecular formula is C18H22FN. The maximum Gasteiger partial charge on any atom is 0.123 e. The van der Waals surface area contributed by atoms with Gasteiger partial charge >= 0.3 is 0 Å². The molecule has 0 saturated heterocycles. The molecule has 0 aromatic heterocycles. The number of benzene rings is 2. The molecule has 0 spiro atoms. The van der Waals surface area contributed by atoms with Gasteiger partial charge in [0.25, 0.3) is 0 Å². The predicted molar refractivity (Wildman–Crippen MR) is 82.3 cm³/mol. The number of hydrogen-bond donors (Lipinski definition) is 1. The van der Waals surface area contributed by atoms with Crippen LogP contribution in [0, 0.1) is 12.7 Å². The van der Waals surface area contributed by atoms with Crippen molar-refractivity contribution in [3.8, 4) is 0 Å². The normalized spacial score (nSPS) is 12.3. The molecule has 0 radical (unpaired) electrons. The summed E-state index contributed by atoms with van der Waals surface area (Å²) in [5.74, 6) is -0.155. The molecule has 1 nitrogen and oxygen atoms in total. The quantitative estimate of drug-likeness (QED) is 0.820. The zero-order chi connectivity index (χ0) is 14.4. The number of rotatable bonds is 6. The van der Waals surface area contributed by atoms with Gasteiger partial charge in [-0.25, -0.2) is 4.39 Å². The molecular weight excluding hydrogens is 249 g/mol. The Bertz CT molecular complexity index is 536. The van der Waals surface area contributed by atoms with Crippen LogP contribution in [0.3, 0.4) is 0 Å². The highest BCUT2D eigenvalue weighted by Crippen LogP contribution is 2.20. The zero-order valence-electron chi connectivity index (χ0n) is 12.2. The van der Waals surface area contributed by atoms with Crippen molar-refractivity contribution in [2.75, 3.05) is 6.54 Å². The van der Waals surface area contributed by atoms with Crippen LogP contribution in [0.25, 0.3) is 0 Å². The Kier molecular flexibility index (Phi) is 5.31. The van der Waals surface area contributed by atoms with Crippen molar-refractivity contribution >= 4 is 0 Å². The zero-order valence-corrected chi connectivity index (χ0v) is 12.2. The van der Waals surface area contributed by atoms with E-state index in [-0.39, 0.29) is 5.82 Å². The Hall–Kier alpha value is -1.67. The lowest BCUT2D eigenvalue weighted by Crippen LogP contribution is -2.21. The molecule has 20 heavy (non-hydrogen) atoms. The van der Waals surface area contributed by atoms with Crippen LogP contribution in [0.15, 0.2) is 48.5 Å². The Balaban J connectivity index is 2.06. The summed E-state index contributed by atoms with van der Waals surface area (Å²) in [5.41, 5.74) is 3.58. The molecule has 0 amide bonds. The molecule has 2 rings (SSSR count). The van der Waals surface area contributed by atoms with Crippen LogP contribution in [0.5, 0.6) is 0 Å². The van der Waals surface area contributed by atoms with Crippen LogP contribution in [0.1, 0.15) is 36.1 Å². The van der Waals surface area contributed by atoms with Crippen LogP contribution < -0.4 is 5.32 Å². The number of hydrogen-bond acceptors (Lipinski definition) is 1. The third kappa shape index (κ3) is 3.91. The summed E-state index contributed by atoms with van der Waals surface area (Å²) in [5, 5.41) is 3.53. The van der Waals surface area contributed by atoms with E-state index in [0.29, 0.717) is 6.04 Å². The highest BCUT2D eigenvalue weighted by atomic mass is 19.1. The van der Waals surface area contributed by atoms with Gasteiger partial charge in [-0.3, -0.25) is 0 Å².